The molecule has 4 atom stereocenters. The summed E-state index contributed by atoms with van der Waals surface area (Å²) >= 11 is 0. The Labute approximate surface area is 115 Å². The van der Waals surface area contributed by atoms with Crippen molar-refractivity contribution in [1.82, 2.24) is 0 Å². The van der Waals surface area contributed by atoms with Gasteiger partial charge in [-0.15, -0.1) is 0 Å². The molecule has 0 aliphatic heterocycles. The van der Waals surface area contributed by atoms with Crippen molar-refractivity contribution in [2.24, 2.45) is 5.92 Å². The second-order valence-electron chi connectivity index (χ2n) is 7.19. The second kappa shape index (κ2) is 5.51. The summed E-state index contributed by atoms with van der Waals surface area (Å²) in [4.78, 5) is 0. The van der Waals surface area contributed by atoms with Gasteiger partial charge in [0.2, 0.25) is 0 Å². The van der Waals surface area contributed by atoms with E-state index in [9.17, 15) is 9.50 Å². The van der Waals surface area contributed by atoms with E-state index in [2.05, 4.69) is 6.58 Å². The molecule has 19 heavy (non-hydrogen) atoms. The van der Waals surface area contributed by atoms with E-state index >= 15 is 0 Å². The third-order valence-corrected chi connectivity index (χ3v) is 3.05. The minimum absolute atomic E-state index is 0.306. The molecule has 1 N–H and O–H groups in total. The highest BCUT2D eigenvalue weighted by Gasteiger charge is 2.48. The first kappa shape index (κ1) is 16.6. The molecule has 0 bridgehead atoms. The maximum absolute atomic E-state index is 14.1. The number of hydrogen-bond acceptors (Lipinski definition) is 3. The Morgan fingerprint density at radius 3 is 2.11 bits per heavy atom. The Bertz CT molecular complexity index is 327. The summed E-state index contributed by atoms with van der Waals surface area (Å²) in [6.07, 6.45) is -3.31. The topological polar surface area (TPSA) is 38.7 Å². The van der Waals surface area contributed by atoms with Gasteiger partial charge in [-0.1, -0.05) is 6.58 Å². The van der Waals surface area contributed by atoms with Crippen LogP contribution in [0, 0.1) is 5.92 Å². The van der Waals surface area contributed by atoms with Crippen LogP contribution in [0.3, 0.4) is 0 Å². The largest absolute Gasteiger partial charge is 0.386 e. The van der Waals surface area contributed by atoms with Crippen LogP contribution in [0.1, 0.15) is 41.5 Å². The van der Waals surface area contributed by atoms with E-state index in [1.165, 1.54) is 0 Å². The summed E-state index contributed by atoms with van der Waals surface area (Å²) < 4.78 is 25.6. The Balaban J connectivity index is 2.81. The van der Waals surface area contributed by atoms with E-state index in [0.717, 1.165) is 0 Å². The molecule has 0 saturated heterocycles. The molecule has 1 aliphatic rings. The molecule has 0 aromatic rings. The maximum atomic E-state index is 14.1. The van der Waals surface area contributed by atoms with Crippen LogP contribution < -0.4 is 0 Å². The zero-order chi connectivity index (χ0) is 15.0. The molecule has 0 heterocycles. The van der Waals surface area contributed by atoms with Crippen molar-refractivity contribution in [2.75, 3.05) is 6.61 Å². The van der Waals surface area contributed by atoms with Gasteiger partial charge < -0.3 is 14.6 Å². The van der Waals surface area contributed by atoms with E-state index < -0.39 is 24.0 Å². The van der Waals surface area contributed by atoms with Gasteiger partial charge in [0.15, 0.2) is 6.17 Å². The summed E-state index contributed by atoms with van der Waals surface area (Å²) in [6.45, 7) is 15.5. The van der Waals surface area contributed by atoms with Crippen molar-refractivity contribution in [2.45, 2.75) is 71.1 Å². The zero-order valence-corrected chi connectivity index (χ0v) is 12.9. The molecule has 0 radical (unpaired) electrons. The number of alkyl halides is 1. The summed E-state index contributed by atoms with van der Waals surface area (Å²) in [5.41, 5.74) is -0.323. The summed E-state index contributed by atoms with van der Waals surface area (Å²) in [5, 5.41) is 9.82. The standard InChI is InChI=1S/C15H27FO3/c1-9-10(8-18-14(2,3)4)13(11(16)12(9)17)19-15(5,6)7/h10-13,17H,1,8H2,2-7H3/t10-,11?,12-,13+/m0/s1. The highest BCUT2D eigenvalue weighted by atomic mass is 19.1. The molecule has 3 nitrogen and oxygen atoms in total. The quantitative estimate of drug-likeness (QED) is 0.804. The van der Waals surface area contributed by atoms with Crippen LogP contribution in [-0.4, -0.2) is 41.3 Å². The predicted octanol–water partition coefficient (Wildman–Crippen LogP) is 2.87. The van der Waals surface area contributed by atoms with Gasteiger partial charge in [-0.25, -0.2) is 4.39 Å². The van der Waals surface area contributed by atoms with Gasteiger partial charge >= 0.3 is 0 Å². The van der Waals surface area contributed by atoms with Crippen LogP contribution in [-0.2, 0) is 9.47 Å². The van der Waals surface area contributed by atoms with E-state index in [4.69, 9.17) is 9.47 Å². The zero-order valence-electron chi connectivity index (χ0n) is 12.9. The number of aliphatic hydroxyl groups is 1. The Morgan fingerprint density at radius 2 is 1.68 bits per heavy atom. The monoisotopic (exact) mass is 274 g/mol. The van der Waals surface area contributed by atoms with Gasteiger partial charge in [-0.05, 0) is 47.1 Å². The van der Waals surface area contributed by atoms with Gasteiger partial charge in [0.1, 0.15) is 12.2 Å². The summed E-state index contributed by atoms with van der Waals surface area (Å²) in [5.74, 6) is -0.316. The fourth-order valence-corrected chi connectivity index (χ4v) is 2.13. The third-order valence-electron chi connectivity index (χ3n) is 3.05. The van der Waals surface area contributed by atoms with E-state index in [1.54, 1.807) is 0 Å². The number of hydrogen-bond donors (Lipinski definition) is 1. The Kier molecular flexibility index (Phi) is 4.81. The lowest BCUT2D eigenvalue weighted by molar-refractivity contribution is -0.122. The second-order valence-corrected chi connectivity index (χ2v) is 7.19. The van der Waals surface area contributed by atoms with Crippen molar-refractivity contribution in [3.8, 4) is 0 Å². The third kappa shape index (κ3) is 4.55. The SMILES string of the molecule is C=C1[C@H](O)C(F)[C@H](OC(C)(C)C)[C@H]1COC(C)(C)C. The van der Waals surface area contributed by atoms with Crippen LogP contribution in [0.4, 0.5) is 4.39 Å². The highest BCUT2D eigenvalue weighted by Crippen LogP contribution is 2.38. The van der Waals surface area contributed by atoms with Crippen LogP contribution in [0.2, 0.25) is 0 Å². The van der Waals surface area contributed by atoms with E-state index in [0.29, 0.717) is 12.2 Å². The first-order valence-corrected chi connectivity index (χ1v) is 6.75. The molecule has 1 unspecified atom stereocenters. The number of aliphatic hydroxyl groups excluding tert-OH is 1. The van der Waals surface area contributed by atoms with Crippen LogP contribution >= 0.6 is 0 Å². The Morgan fingerprint density at radius 1 is 1.16 bits per heavy atom. The van der Waals surface area contributed by atoms with Gasteiger partial charge in [0.05, 0.1) is 17.8 Å². The summed E-state index contributed by atoms with van der Waals surface area (Å²) in [6, 6.07) is 0. The molecule has 0 aromatic heterocycles. The van der Waals surface area contributed by atoms with E-state index in [-0.39, 0.29) is 11.5 Å². The first-order chi connectivity index (χ1) is 8.42. The predicted molar refractivity (Wildman–Crippen MR) is 73.9 cm³/mol. The number of rotatable bonds is 3. The number of halogens is 1. The normalized spacial score (nSPS) is 32.9. The molecule has 1 saturated carbocycles. The van der Waals surface area contributed by atoms with Crippen LogP contribution in [0.15, 0.2) is 12.2 Å². The molecule has 4 heteroatoms. The average molecular weight is 274 g/mol. The maximum Gasteiger partial charge on any atom is 0.156 e. The van der Waals surface area contributed by atoms with E-state index in [1.807, 2.05) is 41.5 Å². The average Bonchev–Trinajstić information content (AvgIpc) is 2.38. The highest BCUT2D eigenvalue weighted by molar-refractivity contribution is 5.21. The van der Waals surface area contributed by atoms with Gasteiger partial charge in [-0.3, -0.25) is 0 Å². The molecule has 0 aromatic carbocycles. The molecular weight excluding hydrogens is 247 g/mol. The van der Waals surface area contributed by atoms with Crippen molar-refractivity contribution >= 4 is 0 Å². The fourth-order valence-electron chi connectivity index (χ4n) is 2.13. The van der Waals surface area contributed by atoms with Crippen molar-refractivity contribution < 1.29 is 19.0 Å². The van der Waals surface area contributed by atoms with Crippen LogP contribution in [0.5, 0.6) is 0 Å². The fraction of sp³-hybridized carbons (Fsp3) is 0.867. The van der Waals surface area contributed by atoms with Gasteiger partial charge in [-0.2, -0.15) is 0 Å². The molecule has 0 spiro atoms. The lowest BCUT2D eigenvalue weighted by Crippen LogP contribution is -2.38. The lowest BCUT2D eigenvalue weighted by atomic mass is 10.0. The Hall–Kier alpha value is -0.450. The van der Waals surface area contributed by atoms with Gasteiger partial charge in [0.25, 0.3) is 0 Å². The minimum Gasteiger partial charge on any atom is -0.386 e. The number of ether oxygens (including phenoxy) is 2. The molecule has 1 aliphatic carbocycles. The van der Waals surface area contributed by atoms with Crippen molar-refractivity contribution in [3.63, 3.8) is 0 Å². The molecule has 1 rings (SSSR count). The molecule has 1 fully saturated rings. The van der Waals surface area contributed by atoms with Crippen LogP contribution in [0.25, 0.3) is 0 Å². The molecular formula is C15H27FO3. The minimum atomic E-state index is -1.44. The lowest BCUT2D eigenvalue weighted by Gasteiger charge is -2.31. The van der Waals surface area contributed by atoms with Crippen molar-refractivity contribution in [1.29, 1.82) is 0 Å². The van der Waals surface area contributed by atoms with Crippen molar-refractivity contribution in [3.05, 3.63) is 12.2 Å². The first-order valence-electron chi connectivity index (χ1n) is 6.75. The molecule has 0 amide bonds. The molecule has 112 valence electrons. The smallest absolute Gasteiger partial charge is 0.156 e. The summed E-state index contributed by atoms with van der Waals surface area (Å²) in [7, 11) is 0. The van der Waals surface area contributed by atoms with Gasteiger partial charge in [0, 0.05) is 5.92 Å².